The fraction of sp³-hybridized carbons (Fsp3) is 0.632. The molecule has 0 bridgehead atoms. The van der Waals surface area contributed by atoms with Crippen molar-refractivity contribution in [3.05, 3.63) is 29.8 Å². The van der Waals surface area contributed by atoms with Crippen LogP contribution >= 0.6 is 0 Å². The lowest BCUT2D eigenvalue weighted by Gasteiger charge is -2.44. The molecule has 2 aliphatic rings. The van der Waals surface area contributed by atoms with Crippen LogP contribution in [0.2, 0.25) is 0 Å². The Hall–Kier alpha value is -1.79. The molecule has 2 aliphatic heterocycles. The molecule has 1 aromatic carbocycles. The molecule has 0 radical (unpaired) electrons. The number of hydrogen-bond acceptors (Lipinski definition) is 4. The van der Waals surface area contributed by atoms with Gasteiger partial charge in [-0.15, -0.1) is 0 Å². The maximum absolute atomic E-state index is 12.8. The third-order valence-corrected chi connectivity index (χ3v) is 4.93. The first-order valence-electron chi connectivity index (χ1n) is 9.01. The average molecular weight is 347 g/mol. The molecule has 6 nitrogen and oxygen atoms in total. The second-order valence-corrected chi connectivity index (χ2v) is 7.48. The van der Waals surface area contributed by atoms with E-state index in [2.05, 4.69) is 30.1 Å². The van der Waals surface area contributed by atoms with Crippen LogP contribution in [-0.4, -0.2) is 67.9 Å². The van der Waals surface area contributed by atoms with Gasteiger partial charge in [0.15, 0.2) is 0 Å². The summed E-state index contributed by atoms with van der Waals surface area (Å²) >= 11 is 0. The Morgan fingerprint density at radius 1 is 1.32 bits per heavy atom. The van der Waals surface area contributed by atoms with Crippen LogP contribution in [-0.2, 0) is 4.74 Å². The van der Waals surface area contributed by atoms with E-state index in [0.29, 0.717) is 0 Å². The summed E-state index contributed by atoms with van der Waals surface area (Å²) in [6.45, 7) is 9.19. The number of ether oxygens (including phenoxy) is 2. The normalized spacial score (nSPS) is 21.6. The second-order valence-electron chi connectivity index (χ2n) is 7.48. The van der Waals surface area contributed by atoms with Crippen molar-refractivity contribution >= 4 is 6.03 Å². The lowest BCUT2D eigenvalue weighted by molar-refractivity contribution is 0.0265. The highest BCUT2D eigenvalue weighted by Crippen LogP contribution is 2.34. The molecule has 2 heterocycles. The summed E-state index contributed by atoms with van der Waals surface area (Å²) in [6, 6.07) is 8.13. The predicted molar refractivity (Wildman–Crippen MR) is 96.9 cm³/mol. The van der Waals surface area contributed by atoms with E-state index in [4.69, 9.17) is 9.47 Å². The summed E-state index contributed by atoms with van der Waals surface area (Å²) in [5.74, 6) is 0.831. The largest absolute Gasteiger partial charge is 0.497 e. The van der Waals surface area contributed by atoms with Gasteiger partial charge < -0.3 is 19.7 Å². The molecule has 2 fully saturated rings. The number of carbonyl (C=O) groups is 1. The maximum Gasteiger partial charge on any atom is 0.318 e. The van der Waals surface area contributed by atoms with Crippen LogP contribution in [0.4, 0.5) is 4.79 Å². The van der Waals surface area contributed by atoms with Crippen LogP contribution in [0.1, 0.15) is 31.9 Å². The maximum atomic E-state index is 12.8. The highest BCUT2D eigenvalue weighted by molar-refractivity contribution is 5.76. The number of amides is 2. The van der Waals surface area contributed by atoms with Crippen molar-refractivity contribution < 1.29 is 14.3 Å². The highest BCUT2D eigenvalue weighted by Gasteiger charge is 2.36. The zero-order valence-electron chi connectivity index (χ0n) is 15.5. The minimum atomic E-state index is -0.275. The molecule has 0 spiro atoms. The van der Waals surface area contributed by atoms with Gasteiger partial charge in [0.25, 0.3) is 0 Å². The minimum absolute atomic E-state index is 0.0114. The fourth-order valence-corrected chi connectivity index (χ4v) is 3.54. The summed E-state index contributed by atoms with van der Waals surface area (Å²) < 4.78 is 10.7. The monoisotopic (exact) mass is 347 g/mol. The Morgan fingerprint density at radius 3 is 2.72 bits per heavy atom. The van der Waals surface area contributed by atoms with Gasteiger partial charge in [0.2, 0.25) is 0 Å². The summed E-state index contributed by atoms with van der Waals surface area (Å²) in [7, 11) is 1.67. The molecule has 2 saturated heterocycles. The zero-order valence-corrected chi connectivity index (χ0v) is 15.5. The molecule has 3 rings (SSSR count). The molecule has 1 aromatic rings. The molecule has 2 amide bonds. The number of rotatable bonds is 5. The molecular weight excluding hydrogens is 318 g/mol. The van der Waals surface area contributed by atoms with Gasteiger partial charge in [0.05, 0.1) is 26.4 Å². The molecule has 0 aromatic heterocycles. The van der Waals surface area contributed by atoms with Crippen LogP contribution in [0.3, 0.4) is 0 Å². The van der Waals surface area contributed by atoms with E-state index in [0.717, 1.165) is 57.1 Å². The summed E-state index contributed by atoms with van der Waals surface area (Å²) in [6.07, 6.45) is 0.991. The molecule has 0 saturated carbocycles. The fourth-order valence-electron chi connectivity index (χ4n) is 3.54. The van der Waals surface area contributed by atoms with Gasteiger partial charge in [0.1, 0.15) is 5.75 Å². The number of likely N-dealkylation sites (tertiary alicyclic amines) is 1. The molecule has 138 valence electrons. The van der Waals surface area contributed by atoms with E-state index >= 15 is 0 Å². The van der Waals surface area contributed by atoms with E-state index in [-0.39, 0.29) is 17.6 Å². The van der Waals surface area contributed by atoms with Gasteiger partial charge in [-0.1, -0.05) is 12.1 Å². The molecular formula is C19H29N3O3. The Balaban J connectivity index is 1.58. The van der Waals surface area contributed by atoms with Crippen LogP contribution in [0.25, 0.3) is 0 Å². The van der Waals surface area contributed by atoms with E-state index in [9.17, 15) is 4.79 Å². The smallest absolute Gasteiger partial charge is 0.318 e. The number of morpholine rings is 1. The number of nitrogens with zero attached hydrogens (tertiary/aromatic N) is 2. The first kappa shape index (κ1) is 18.0. The van der Waals surface area contributed by atoms with Crippen molar-refractivity contribution in [2.24, 2.45) is 0 Å². The molecule has 1 atom stereocenters. The first-order chi connectivity index (χ1) is 12.0. The number of urea groups is 1. The molecule has 1 N–H and O–H groups in total. The Labute approximate surface area is 150 Å². The van der Waals surface area contributed by atoms with E-state index in [1.165, 1.54) is 0 Å². The van der Waals surface area contributed by atoms with Crippen molar-refractivity contribution in [3.63, 3.8) is 0 Å². The standard InChI is InChI=1S/C19H29N3O3/c1-19(2,14-21-9-11-25-12-10-21)20-18(23)22-8-7-17(22)15-5-4-6-16(13-15)24-3/h4-6,13,17H,7-12,14H2,1-3H3,(H,20,23). The number of benzene rings is 1. The topological polar surface area (TPSA) is 54.0 Å². The molecule has 1 unspecified atom stereocenters. The van der Waals surface area contributed by atoms with Gasteiger partial charge in [0, 0.05) is 31.7 Å². The summed E-state index contributed by atoms with van der Waals surface area (Å²) in [5, 5.41) is 3.21. The van der Waals surface area contributed by atoms with E-state index in [1.807, 2.05) is 23.1 Å². The molecule has 0 aliphatic carbocycles. The van der Waals surface area contributed by atoms with Crippen LogP contribution in [0, 0.1) is 0 Å². The van der Waals surface area contributed by atoms with E-state index in [1.54, 1.807) is 7.11 Å². The van der Waals surface area contributed by atoms with Gasteiger partial charge in [-0.3, -0.25) is 4.90 Å². The quantitative estimate of drug-likeness (QED) is 0.888. The van der Waals surface area contributed by atoms with Crippen LogP contribution < -0.4 is 10.1 Å². The number of methoxy groups -OCH3 is 1. The molecule has 25 heavy (non-hydrogen) atoms. The highest BCUT2D eigenvalue weighted by atomic mass is 16.5. The Kier molecular flexibility index (Phi) is 5.49. The summed E-state index contributed by atoms with van der Waals surface area (Å²) in [5.41, 5.74) is 0.856. The van der Waals surface area contributed by atoms with Gasteiger partial charge in [-0.25, -0.2) is 4.79 Å². The van der Waals surface area contributed by atoms with Gasteiger partial charge in [-0.2, -0.15) is 0 Å². The van der Waals surface area contributed by atoms with Crippen LogP contribution in [0.5, 0.6) is 5.75 Å². The third-order valence-electron chi connectivity index (χ3n) is 4.93. The number of nitrogens with one attached hydrogen (secondary N) is 1. The van der Waals surface area contributed by atoms with Crippen molar-refractivity contribution in [2.45, 2.75) is 31.8 Å². The third kappa shape index (κ3) is 4.44. The van der Waals surface area contributed by atoms with Crippen LogP contribution in [0.15, 0.2) is 24.3 Å². The number of carbonyl (C=O) groups excluding carboxylic acids is 1. The lowest BCUT2D eigenvalue weighted by atomic mass is 9.94. The lowest BCUT2D eigenvalue weighted by Crippen LogP contribution is -2.59. The average Bonchev–Trinajstić information content (AvgIpc) is 2.53. The molecule has 6 heteroatoms. The zero-order chi connectivity index (χ0) is 17.9. The Bertz CT molecular complexity index is 599. The number of hydrogen-bond donors (Lipinski definition) is 1. The summed E-state index contributed by atoms with van der Waals surface area (Å²) in [4.78, 5) is 17.0. The predicted octanol–water partition coefficient (Wildman–Crippen LogP) is 2.26. The van der Waals surface area contributed by atoms with Crippen molar-refractivity contribution in [1.29, 1.82) is 0 Å². The van der Waals surface area contributed by atoms with Crippen molar-refractivity contribution in [2.75, 3.05) is 46.5 Å². The van der Waals surface area contributed by atoms with Gasteiger partial charge in [-0.05, 0) is 38.0 Å². The van der Waals surface area contributed by atoms with Gasteiger partial charge >= 0.3 is 6.03 Å². The second kappa shape index (κ2) is 7.62. The Morgan fingerprint density at radius 2 is 2.08 bits per heavy atom. The van der Waals surface area contributed by atoms with E-state index < -0.39 is 0 Å². The minimum Gasteiger partial charge on any atom is -0.497 e. The van der Waals surface area contributed by atoms with Crippen molar-refractivity contribution in [3.8, 4) is 5.75 Å². The van der Waals surface area contributed by atoms with Crippen molar-refractivity contribution in [1.82, 2.24) is 15.1 Å². The first-order valence-corrected chi connectivity index (χ1v) is 9.01. The SMILES string of the molecule is COc1cccc(C2CCN2C(=O)NC(C)(C)CN2CCOCC2)c1.